The number of nitrogens with zero attached hydrogens (tertiary/aromatic N) is 2. The molecule has 0 aliphatic carbocycles. The minimum atomic E-state index is 0.897. The van der Waals surface area contributed by atoms with Gasteiger partial charge in [0.15, 0.2) is 0 Å². The average molecular weight is 985 g/mol. The molecule has 0 fully saturated rings. The zero-order valence-electron chi connectivity index (χ0n) is 42.9. The average Bonchev–Trinajstić information content (AvgIpc) is 4.06. The fourth-order valence-electron chi connectivity index (χ4n) is 11.6. The van der Waals surface area contributed by atoms with Crippen molar-refractivity contribution >= 4 is 60.8 Å². The topological polar surface area (TPSA) is 21.3 Å². The summed E-state index contributed by atoms with van der Waals surface area (Å²) in [5.74, 6) is 0. The number of fused-ring (bicyclic) bond motifs is 6. The minimum absolute atomic E-state index is 0.897. The molecule has 0 bridgehead atoms. The van der Waals surface area contributed by atoms with E-state index < -0.39 is 0 Å². The number of rotatable bonds is 10. The summed E-state index contributed by atoms with van der Waals surface area (Å²) in [6.45, 7) is 4.33. The van der Waals surface area contributed by atoms with Crippen LogP contribution in [0.1, 0.15) is 11.1 Å². The number of para-hydroxylation sites is 4. The molecule has 0 amide bonds. The Morgan fingerprint density at radius 2 is 0.727 bits per heavy atom. The third-order valence-electron chi connectivity index (χ3n) is 15.3. The molecule has 14 aromatic rings. The predicted molar refractivity (Wildman–Crippen MR) is 325 cm³/mol. The quantitative estimate of drug-likeness (QED) is 0.136. The highest BCUT2D eigenvalue weighted by molar-refractivity contribution is 6.11. The van der Waals surface area contributed by atoms with Gasteiger partial charge in [0.05, 0.1) is 11.0 Å². The van der Waals surface area contributed by atoms with Gasteiger partial charge in [0.2, 0.25) is 0 Å². The molecule has 0 radical (unpaired) electrons. The zero-order valence-corrected chi connectivity index (χ0v) is 42.9. The van der Waals surface area contributed by atoms with Crippen LogP contribution in [0.25, 0.3) is 116 Å². The second kappa shape index (κ2) is 19.1. The van der Waals surface area contributed by atoms with Crippen LogP contribution in [-0.4, -0.2) is 4.57 Å². The molecule has 0 spiro atoms. The van der Waals surface area contributed by atoms with E-state index in [2.05, 4.69) is 290 Å². The van der Waals surface area contributed by atoms with Gasteiger partial charge in [-0.05, 0) is 166 Å². The standard InChI is InChI=1S/C74H52N2O/c1-49-42-50(2)44-58(43-49)53-24-26-54(27-25-53)60-45-59(51-14-5-3-6-15-51)46-61(47-60)55-30-37-64(38-31-55)75(65-39-32-56(33-40-65)66-20-13-21-69-68-19-10-12-23-73(68)77-74(66)69)63-35-28-52(29-36-63)57-34-41-72-70(48-57)67-18-9-11-22-71(67)76(72)62-16-7-4-8-17-62/h3-48H,1-2H3. The van der Waals surface area contributed by atoms with E-state index >= 15 is 0 Å². The SMILES string of the molecule is Cc1cc(C)cc(-c2ccc(-c3cc(-c4ccccc4)cc(-c4ccc(N(c5ccc(-c6ccc7c(c6)c6ccccc6n7-c6ccccc6)cc5)c5ccc(-c6cccc7c6oc6ccccc67)cc5)cc4)c3)cc2)c1. The van der Waals surface area contributed by atoms with Crippen molar-refractivity contribution < 1.29 is 4.42 Å². The first-order chi connectivity index (χ1) is 38.0. The van der Waals surface area contributed by atoms with E-state index in [1.807, 2.05) is 12.1 Å². The van der Waals surface area contributed by atoms with Crippen molar-refractivity contribution in [3.63, 3.8) is 0 Å². The highest BCUT2D eigenvalue weighted by atomic mass is 16.3. The molecule has 0 atom stereocenters. The lowest BCUT2D eigenvalue weighted by molar-refractivity contribution is 0.670. The van der Waals surface area contributed by atoms with Gasteiger partial charge in [0.1, 0.15) is 11.2 Å². The molecule has 0 aliphatic rings. The van der Waals surface area contributed by atoms with Crippen molar-refractivity contribution in [3.05, 3.63) is 290 Å². The monoisotopic (exact) mass is 984 g/mol. The van der Waals surface area contributed by atoms with E-state index in [1.165, 1.54) is 71.9 Å². The molecule has 0 N–H and O–H groups in total. The molecule has 0 unspecified atom stereocenters. The molecule has 3 nitrogen and oxygen atoms in total. The molecule has 3 heteroatoms. The van der Waals surface area contributed by atoms with E-state index in [-0.39, 0.29) is 0 Å². The van der Waals surface area contributed by atoms with Gasteiger partial charge in [-0.15, -0.1) is 0 Å². The number of benzene rings is 12. The molecule has 14 rings (SSSR count). The second-order valence-corrected chi connectivity index (χ2v) is 20.3. The normalized spacial score (nSPS) is 11.5. The molecule has 2 aromatic heterocycles. The number of hydrogen-bond donors (Lipinski definition) is 0. The highest BCUT2D eigenvalue weighted by Crippen LogP contribution is 2.42. The van der Waals surface area contributed by atoms with Gasteiger partial charge in [-0.25, -0.2) is 0 Å². The lowest BCUT2D eigenvalue weighted by Crippen LogP contribution is -2.09. The number of anilines is 3. The molecular weight excluding hydrogens is 933 g/mol. The van der Waals surface area contributed by atoms with Gasteiger partial charge in [-0.3, -0.25) is 0 Å². The number of aromatic nitrogens is 1. The van der Waals surface area contributed by atoms with Gasteiger partial charge in [-0.2, -0.15) is 0 Å². The minimum Gasteiger partial charge on any atom is -0.455 e. The third-order valence-corrected chi connectivity index (χ3v) is 15.3. The first-order valence-electron chi connectivity index (χ1n) is 26.5. The fourth-order valence-corrected chi connectivity index (χ4v) is 11.6. The van der Waals surface area contributed by atoms with Crippen molar-refractivity contribution in [2.75, 3.05) is 4.90 Å². The van der Waals surface area contributed by atoms with Crippen LogP contribution in [-0.2, 0) is 0 Å². The van der Waals surface area contributed by atoms with Gasteiger partial charge >= 0.3 is 0 Å². The Labute approximate surface area is 448 Å². The Balaban J connectivity index is 0.844. The Morgan fingerprint density at radius 3 is 1.34 bits per heavy atom. The summed E-state index contributed by atoms with van der Waals surface area (Å²) in [7, 11) is 0. The molecule has 364 valence electrons. The molecule has 0 aliphatic heterocycles. The van der Waals surface area contributed by atoms with Crippen molar-refractivity contribution in [2.45, 2.75) is 13.8 Å². The summed E-state index contributed by atoms with van der Waals surface area (Å²) >= 11 is 0. The summed E-state index contributed by atoms with van der Waals surface area (Å²) in [5.41, 5.74) is 25.1. The molecule has 2 heterocycles. The van der Waals surface area contributed by atoms with Gasteiger partial charge in [0, 0.05) is 49.9 Å². The van der Waals surface area contributed by atoms with Gasteiger partial charge in [0.25, 0.3) is 0 Å². The molecule has 0 saturated heterocycles. The lowest BCUT2D eigenvalue weighted by atomic mass is 9.92. The Morgan fingerprint density at radius 1 is 0.286 bits per heavy atom. The number of hydrogen-bond acceptors (Lipinski definition) is 2. The Hall–Kier alpha value is -9.96. The Bertz CT molecular complexity index is 4450. The van der Waals surface area contributed by atoms with Crippen LogP contribution >= 0.6 is 0 Å². The van der Waals surface area contributed by atoms with Crippen LogP contribution in [0, 0.1) is 13.8 Å². The molecule has 0 saturated carbocycles. The summed E-state index contributed by atoms with van der Waals surface area (Å²) in [6.07, 6.45) is 0. The predicted octanol–water partition coefficient (Wildman–Crippen LogP) is 20.8. The second-order valence-electron chi connectivity index (χ2n) is 20.3. The summed E-state index contributed by atoms with van der Waals surface area (Å²) in [5, 5.41) is 4.73. The third kappa shape index (κ3) is 8.45. The van der Waals surface area contributed by atoms with E-state index in [0.29, 0.717) is 0 Å². The summed E-state index contributed by atoms with van der Waals surface area (Å²) < 4.78 is 8.87. The summed E-state index contributed by atoms with van der Waals surface area (Å²) in [6, 6.07) is 101. The van der Waals surface area contributed by atoms with Crippen molar-refractivity contribution in [1.82, 2.24) is 4.57 Å². The van der Waals surface area contributed by atoms with Crippen molar-refractivity contribution in [3.8, 4) is 72.4 Å². The molecule has 77 heavy (non-hydrogen) atoms. The maximum absolute atomic E-state index is 6.50. The zero-order chi connectivity index (χ0) is 51.4. The molecule has 12 aromatic carbocycles. The largest absolute Gasteiger partial charge is 0.455 e. The van der Waals surface area contributed by atoms with Gasteiger partial charge in [-0.1, -0.05) is 199 Å². The van der Waals surface area contributed by atoms with Crippen LogP contribution in [0.4, 0.5) is 17.1 Å². The van der Waals surface area contributed by atoms with Crippen LogP contribution in [0.2, 0.25) is 0 Å². The van der Waals surface area contributed by atoms with Crippen LogP contribution in [0.15, 0.2) is 283 Å². The first-order valence-corrected chi connectivity index (χ1v) is 26.5. The first kappa shape index (κ1) is 45.6. The molecular formula is C74H52N2O. The maximum Gasteiger partial charge on any atom is 0.143 e. The Kier molecular flexibility index (Phi) is 11.3. The van der Waals surface area contributed by atoms with Crippen LogP contribution in [0.5, 0.6) is 0 Å². The van der Waals surface area contributed by atoms with Crippen molar-refractivity contribution in [2.24, 2.45) is 0 Å². The maximum atomic E-state index is 6.50. The van der Waals surface area contributed by atoms with E-state index in [4.69, 9.17) is 4.42 Å². The van der Waals surface area contributed by atoms with E-state index in [1.54, 1.807) is 0 Å². The lowest BCUT2D eigenvalue weighted by Gasteiger charge is -2.26. The smallest absolute Gasteiger partial charge is 0.143 e. The number of furan rings is 1. The number of aryl methyl sites for hydroxylation is 2. The van der Waals surface area contributed by atoms with Crippen molar-refractivity contribution in [1.29, 1.82) is 0 Å². The van der Waals surface area contributed by atoms with Crippen LogP contribution < -0.4 is 4.90 Å². The van der Waals surface area contributed by atoms with Gasteiger partial charge < -0.3 is 13.9 Å². The summed E-state index contributed by atoms with van der Waals surface area (Å²) in [4.78, 5) is 2.36. The highest BCUT2D eigenvalue weighted by Gasteiger charge is 2.18. The van der Waals surface area contributed by atoms with E-state index in [9.17, 15) is 0 Å². The fraction of sp³-hybridized carbons (Fsp3) is 0.0270. The van der Waals surface area contributed by atoms with E-state index in [0.717, 1.165) is 72.5 Å². The van der Waals surface area contributed by atoms with Crippen LogP contribution in [0.3, 0.4) is 0 Å².